The molecule has 0 aliphatic carbocycles. The first-order valence-corrected chi connectivity index (χ1v) is 8.32. The molecule has 2 aromatic heterocycles. The maximum Gasteiger partial charge on any atom is 0.272 e. The first-order chi connectivity index (χ1) is 11.0. The summed E-state index contributed by atoms with van der Waals surface area (Å²) in [6.45, 7) is 4.78. The van der Waals surface area contributed by atoms with Crippen molar-refractivity contribution in [1.29, 1.82) is 0 Å². The van der Waals surface area contributed by atoms with Gasteiger partial charge in [0, 0.05) is 18.1 Å². The second-order valence-electron chi connectivity index (χ2n) is 5.48. The molecule has 1 atom stereocenters. The van der Waals surface area contributed by atoms with E-state index in [2.05, 4.69) is 24.3 Å². The van der Waals surface area contributed by atoms with Crippen LogP contribution in [-0.2, 0) is 11.3 Å². The average molecular weight is 335 g/mol. The highest BCUT2D eigenvalue weighted by molar-refractivity contribution is 7.10. The van der Waals surface area contributed by atoms with Crippen molar-refractivity contribution in [2.45, 2.75) is 26.4 Å². The van der Waals surface area contributed by atoms with Gasteiger partial charge in [-0.2, -0.15) is 5.10 Å². The summed E-state index contributed by atoms with van der Waals surface area (Å²) < 4.78 is 6.19. The fourth-order valence-electron chi connectivity index (χ4n) is 2.16. The van der Waals surface area contributed by atoms with Crippen LogP contribution in [0.15, 0.2) is 34.4 Å². The Bertz CT molecular complexity index is 695. The van der Waals surface area contributed by atoms with Gasteiger partial charge in [0.15, 0.2) is 0 Å². The quantitative estimate of drug-likeness (QED) is 0.841. The lowest BCUT2D eigenvalue weighted by Crippen LogP contribution is -2.34. The smallest absolute Gasteiger partial charge is 0.272 e. The van der Waals surface area contributed by atoms with Crippen LogP contribution >= 0.6 is 11.3 Å². The Morgan fingerprint density at radius 2 is 2.17 bits per heavy atom. The van der Waals surface area contributed by atoms with E-state index in [1.807, 2.05) is 17.5 Å². The molecule has 0 aliphatic rings. The Hall–Kier alpha value is -1.99. The van der Waals surface area contributed by atoms with Crippen molar-refractivity contribution in [1.82, 2.24) is 15.1 Å². The molecule has 7 heteroatoms. The van der Waals surface area contributed by atoms with E-state index < -0.39 is 0 Å². The van der Waals surface area contributed by atoms with Gasteiger partial charge in [-0.1, -0.05) is 19.9 Å². The first kappa shape index (κ1) is 17.4. The van der Waals surface area contributed by atoms with Gasteiger partial charge in [0.05, 0.1) is 19.2 Å². The van der Waals surface area contributed by atoms with Crippen LogP contribution in [0.3, 0.4) is 0 Å². The maximum absolute atomic E-state index is 12.5. The van der Waals surface area contributed by atoms with Crippen LogP contribution in [-0.4, -0.2) is 29.4 Å². The van der Waals surface area contributed by atoms with Crippen molar-refractivity contribution in [3.63, 3.8) is 0 Å². The fraction of sp³-hybridized carbons (Fsp3) is 0.438. The highest BCUT2D eigenvalue weighted by atomic mass is 32.1. The summed E-state index contributed by atoms with van der Waals surface area (Å²) in [4.78, 5) is 25.3. The third kappa shape index (κ3) is 4.49. The van der Waals surface area contributed by atoms with Crippen molar-refractivity contribution >= 4 is 17.2 Å². The second-order valence-corrected chi connectivity index (χ2v) is 6.46. The monoisotopic (exact) mass is 335 g/mol. The minimum atomic E-state index is -0.289. The number of rotatable bonds is 7. The lowest BCUT2D eigenvalue weighted by Gasteiger charge is -2.21. The number of methoxy groups -OCH3 is 1. The SMILES string of the molecule is COCCn1nc(C(=O)N[C@@H](c2cccs2)C(C)C)ccc1=O. The van der Waals surface area contributed by atoms with E-state index in [9.17, 15) is 9.59 Å². The lowest BCUT2D eigenvalue weighted by molar-refractivity contribution is 0.0917. The molecule has 2 rings (SSSR count). The summed E-state index contributed by atoms with van der Waals surface area (Å²) in [5.74, 6) is -0.0414. The van der Waals surface area contributed by atoms with Gasteiger partial charge in [-0.05, 0) is 23.4 Å². The Morgan fingerprint density at radius 3 is 2.78 bits per heavy atom. The number of nitrogens with one attached hydrogen (secondary N) is 1. The van der Waals surface area contributed by atoms with E-state index in [0.29, 0.717) is 13.2 Å². The Labute approximate surface area is 139 Å². The molecule has 0 saturated heterocycles. The summed E-state index contributed by atoms with van der Waals surface area (Å²) in [6, 6.07) is 6.69. The number of amides is 1. The number of carbonyl (C=O) groups excluding carboxylic acids is 1. The molecule has 0 radical (unpaired) electrons. The minimum Gasteiger partial charge on any atom is -0.383 e. The van der Waals surface area contributed by atoms with E-state index in [1.54, 1.807) is 18.4 Å². The van der Waals surface area contributed by atoms with Crippen LogP contribution in [0.25, 0.3) is 0 Å². The van der Waals surface area contributed by atoms with E-state index >= 15 is 0 Å². The summed E-state index contributed by atoms with van der Waals surface area (Å²) in [5, 5.41) is 9.11. The number of ether oxygens (including phenoxy) is 1. The standard InChI is InChI=1S/C16H21N3O3S/c1-11(2)15(13-5-4-10-23-13)17-16(21)12-6-7-14(20)19(18-12)8-9-22-3/h4-7,10-11,15H,8-9H2,1-3H3,(H,17,21)/t15-/m1/s1. The van der Waals surface area contributed by atoms with Crippen molar-refractivity contribution in [3.8, 4) is 0 Å². The number of thiophene rings is 1. The second kappa shape index (κ2) is 8.03. The Balaban J connectivity index is 2.17. The van der Waals surface area contributed by atoms with Gasteiger partial charge in [-0.25, -0.2) is 4.68 Å². The van der Waals surface area contributed by atoms with E-state index in [4.69, 9.17) is 4.74 Å². The van der Waals surface area contributed by atoms with Gasteiger partial charge in [-0.3, -0.25) is 9.59 Å². The van der Waals surface area contributed by atoms with Crippen LogP contribution < -0.4 is 10.9 Å². The zero-order valence-corrected chi connectivity index (χ0v) is 14.3. The fourth-order valence-corrected chi connectivity index (χ4v) is 3.11. The first-order valence-electron chi connectivity index (χ1n) is 7.44. The highest BCUT2D eigenvalue weighted by Gasteiger charge is 2.21. The van der Waals surface area contributed by atoms with E-state index in [0.717, 1.165) is 4.88 Å². The van der Waals surface area contributed by atoms with Gasteiger partial charge in [-0.15, -0.1) is 11.3 Å². The molecule has 6 nitrogen and oxygen atoms in total. The molecule has 0 aliphatic heterocycles. The average Bonchev–Trinajstić information content (AvgIpc) is 3.05. The molecule has 2 heterocycles. The van der Waals surface area contributed by atoms with E-state index in [1.165, 1.54) is 16.8 Å². The molecule has 0 fully saturated rings. The summed E-state index contributed by atoms with van der Waals surface area (Å²) in [7, 11) is 1.55. The molecule has 0 aromatic carbocycles. The van der Waals surface area contributed by atoms with Gasteiger partial charge >= 0.3 is 0 Å². The van der Waals surface area contributed by atoms with Crippen molar-refractivity contribution in [2.75, 3.05) is 13.7 Å². The molecule has 2 aromatic rings. The molecule has 23 heavy (non-hydrogen) atoms. The molecule has 0 spiro atoms. The van der Waals surface area contributed by atoms with E-state index in [-0.39, 0.29) is 29.1 Å². The summed E-state index contributed by atoms with van der Waals surface area (Å²) in [6.07, 6.45) is 0. The van der Waals surface area contributed by atoms with Crippen LogP contribution in [0.4, 0.5) is 0 Å². The molecular weight excluding hydrogens is 314 g/mol. The van der Waals surface area contributed by atoms with Gasteiger partial charge < -0.3 is 10.1 Å². The molecule has 1 N–H and O–H groups in total. The third-order valence-corrected chi connectivity index (χ3v) is 4.36. The highest BCUT2D eigenvalue weighted by Crippen LogP contribution is 2.25. The van der Waals surface area contributed by atoms with Gasteiger partial charge in [0.1, 0.15) is 5.69 Å². The predicted molar refractivity (Wildman–Crippen MR) is 89.7 cm³/mol. The van der Waals surface area contributed by atoms with Crippen molar-refractivity contribution in [2.24, 2.45) is 5.92 Å². The number of hydrogen-bond donors (Lipinski definition) is 1. The molecule has 0 saturated carbocycles. The predicted octanol–water partition coefficient (Wildman–Crippen LogP) is 2.08. The molecule has 0 unspecified atom stereocenters. The Morgan fingerprint density at radius 1 is 1.39 bits per heavy atom. The number of carbonyl (C=O) groups is 1. The topological polar surface area (TPSA) is 73.2 Å². The van der Waals surface area contributed by atoms with Crippen LogP contribution in [0.1, 0.15) is 35.3 Å². The third-order valence-electron chi connectivity index (χ3n) is 3.41. The Kier molecular flexibility index (Phi) is 6.06. The number of nitrogens with zero attached hydrogens (tertiary/aromatic N) is 2. The molecule has 1 amide bonds. The summed E-state index contributed by atoms with van der Waals surface area (Å²) in [5.41, 5.74) is -0.0276. The van der Waals surface area contributed by atoms with Crippen molar-refractivity contribution in [3.05, 3.63) is 50.6 Å². The number of aromatic nitrogens is 2. The molecule has 124 valence electrons. The van der Waals surface area contributed by atoms with Crippen LogP contribution in [0.5, 0.6) is 0 Å². The normalized spacial score (nSPS) is 12.3. The zero-order chi connectivity index (χ0) is 16.8. The van der Waals surface area contributed by atoms with Gasteiger partial charge in [0.25, 0.3) is 11.5 Å². The van der Waals surface area contributed by atoms with Gasteiger partial charge in [0.2, 0.25) is 0 Å². The minimum absolute atomic E-state index is 0.0800. The largest absolute Gasteiger partial charge is 0.383 e. The summed E-state index contributed by atoms with van der Waals surface area (Å²) >= 11 is 1.61. The lowest BCUT2D eigenvalue weighted by atomic mass is 10.0. The van der Waals surface area contributed by atoms with Crippen LogP contribution in [0, 0.1) is 5.92 Å². The number of hydrogen-bond acceptors (Lipinski definition) is 5. The maximum atomic E-state index is 12.5. The zero-order valence-electron chi connectivity index (χ0n) is 13.5. The molecule has 0 bridgehead atoms. The van der Waals surface area contributed by atoms with Crippen molar-refractivity contribution < 1.29 is 9.53 Å². The molecular formula is C16H21N3O3S. The van der Waals surface area contributed by atoms with Crippen LogP contribution in [0.2, 0.25) is 0 Å².